The van der Waals surface area contributed by atoms with Gasteiger partial charge in [-0.05, 0) is 45.0 Å². The summed E-state index contributed by atoms with van der Waals surface area (Å²) in [5.74, 6) is 0. The molecular weight excluding hydrogens is 319 g/mol. The van der Waals surface area contributed by atoms with Gasteiger partial charge in [0.2, 0.25) is 0 Å². The zero-order valence-corrected chi connectivity index (χ0v) is 11.4. The first-order valence-electron chi connectivity index (χ1n) is 5.59. The molecule has 0 nitrogen and oxygen atoms in total. The highest BCUT2D eigenvalue weighted by Gasteiger charge is 2.06. The molecule has 0 aliphatic carbocycles. The molecule has 0 heterocycles. The number of halogens is 1. The molecule has 0 unspecified atom stereocenters. The molecule has 0 aromatic heterocycles. The molecule has 82 valence electrons. The van der Waals surface area contributed by atoms with E-state index in [0.29, 0.717) is 0 Å². The molecular formula is C16H11I. The second kappa shape index (κ2) is 4.49. The van der Waals surface area contributed by atoms with E-state index in [-0.39, 0.29) is 0 Å². The van der Waals surface area contributed by atoms with Crippen LogP contribution in [0.2, 0.25) is 0 Å². The number of fused-ring (bicyclic) bond motifs is 1. The lowest BCUT2D eigenvalue weighted by Gasteiger charge is -2.09. The van der Waals surface area contributed by atoms with Gasteiger partial charge in [0.25, 0.3) is 0 Å². The fourth-order valence-electron chi connectivity index (χ4n) is 2.14. The van der Waals surface area contributed by atoms with Crippen LogP contribution in [0.5, 0.6) is 0 Å². The van der Waals surface area contributed by atoms with Gasteiger partial charge in [-0.3, -0.25) is 0 Å². The van der Waals surface area contributed by atoms with Crippen LogP contribution in [0.15, 0.2) is 66.7 Å². The molecule has 0 atom stereocenters. The summed E-state index contributed by atoms with van der Waals surface area (Å²) in [6.45, 7) is 0. The molecule has 0 spiro atoms. The van der Waals surface area contributed by atoms with Crippen molar-refractivity contribution in [2.75, 3.05) is 0 Å². The molecule has 0 bridgehead atoms. The Labute approximate surface area is 114 Å². The summed E-state index contributed by atoms with van der Waals surface area (Å²) in [4.78, 5) is 0. The van der Waals surface area contributed by atoms with Crippen molar-refractivity contribution < 1.29 is 0 Å². The molecule has 3 aromatic carbocycles. The summed E-state index contributed by atoms with van der Waals surface area (Å²) in [6.07, 6.45) is 0. The fraction of sp³-hybridized carbons (Fsp3) is 0. The molecule has 17 heavy (non-hydrogen) atoms. The van der Waals surface area contributed by atoms with Crippen LogP contribution in [0.1, 0.15) is 0 Å². The predicted molar refractivity (Wildman–Crippen MR) is 82.1 cm³/mol. The van der Waals surface area contributed by atoms with Crippen LogP contribution in [0.25, 0.3) is 21.9 Å². The zero-order valence-electron chi connectivity index (χ0n) is 9.23. The maximum absolute atomic E-state index is 2.41. The van der Waals surface area contributed by atoms with Crippen molar-refractivity contribution in [2.24, 2.45) is 0 Å². The predicted octanol–water partition coefficient (Wildman–Crippen LogP) is 5.11. The van der Waals surface area contributed by atoms with E-state index in [2.05, 4.69) is 89.3 Å². The van der Waals surface area contributed by atoms with Gasteiger partial charge in [-0.1, -0.05) is 60.7 Å². The van der Waals surface area contributed by atoms with E-state index in [0.717, 1.165) is 0 Å². The molecule has 0 saturated carbocycles. The van der Waals surface area contributed by atoms with Crippen molar-refractivity contribution >= 4 is 33.4 Å². The Bertz CT molecular complexity index is 657. The molecule has 0 aliphatic heterocycles. The number of hydrogen-bond donors (Lipinski definition) is 0. The minimum atomic E-state index is 1.29. The van der Waals surface area contributed by atoms with E-state index in [4.69, 9.17) is 0 Å². The lowest BCUT2D eigenvalue weighted by Crippen LogP contribution is -1.85. The van der Waals surface area contributed by atoms with Crippen molar-refractivity contribution in [1.82, 2.24) is 0 Å². The smallest absolute Gasteiger partial charge is 0.0215 e. The van der Waals surface area contributed by atoms with Gasteiger partial charge in [0.05, 0.1) is 0 Å². The number of rotatable bonds is 1. The van der Waals surface area contributed by atoms with Crippen LogP contribution in [-0.4, -0.2) is 0 Å². The van der Waals surface area contributed by atoms with E-state index >= 15 is 0 Å². The lowest BCUT2D eigenvalue weighted by atomic mass is 9.98. The number of hydrogen-bond acceptors (Lipinski definition) is 0. The van der Waals surface area contributed by atoms with Crippen molar-refractivity contribution in [3.05, 3.63) is 70.3 Å². The summed E-state index contributed by atoms with van der Waals surface area (Å²) in [5.41, 5.74) is 2.62. The average molecular weight is 330 g/mol. The molecule has 3 aromatic rings. The lowest BCUT2D eigenvalue weighted by molar-refractivity contribution is 1.62. The Balaban J connectivity index is 2.39. The van der Waals surface area contributed by atoms with Crippen LogP contribution in [0, 0.1) is 3.57 Å². The van der Waals surface area contributed by atoms with Gasteiger partial charge < -0.3 is 0 Å². The maximum atomic E-state index is 2.41. The van der Waals surface area contributed by atoms with Crippen molar-refractivity contribution in [1.29, 1.82) is 0 Å². The minimum Gasteiger partial charge on any atom is -0.0622 e. The quantitative estimate of drug-likeness (QED) is 0.544. The first kappa shape index (κ1) is 10.8. The zero-order chi connectivity index (χ0) is 11.7. The third kappa shape index (κ3) is 1.95. The fourth-order valence-corrected chi connectivity index (χ4v) is 2.92. The first-order valence-corrected chi connectivity index (χ1v) is 6.67. The minimum absolute atomic E-state index is 1.29. The molecule has 0 amide bonds. The largest absolute Gasteiger partial charge is 0.0622 e. The molecule has 0 radical (unpaired) electrons. The molecule has 1 heteroatoms. The maximum Gasteiger partial charge on any atom is 0.0215 e. The second-order valence-corrected chi connectivity index (χ2v) is 5.17. The van der Waals surface area contributed by atoms with E-state index in [9.17, 15) is 0 Å². The monoisotopic (exact) mass is 330 g/mol. The summed E-state index contributed by atoms with van der Waals surface area (Å²) in [5, 5.41) is 2.62. The van der Waals surface area contributed by atoms with Crippen LogP contribution in [-0.2, 0) is 0 Å². The Hall–Kier alpha value is -1.35. The Kier molecular flexibility index (Phi) is 2.85. The molecule has 0 saturated heterocycles. The van der Waals surface area contributed by atoms with E-state index in [1.54, 1.807) is 0 Å². The Morgan fingerprint density at radius 2 is 1.35 bits per heavy atom. The normalized spacial score (nSPS) is 10.6. The third-order valence-electron chi connectivity index (χ3n) is 2.94. The van der Waals surface area contributed by atoms with Crippen LogP contribution in [0.4, 0.5) is 0 Å². The van der Waals surface area contributed by atoms with Gasteiger partial charge in [-0.25, -0.2) is 0 Å². The van der Waals surface area contributed by atoms with E-state index < -0.39 is 0 Å². The third-order valence-corrected chi connectivity index (χ3v) is 3.84. The Morgan fingerprint density at radius 3 is 2.18 bits per heavy atom. The number of benzene rings is 3. The highest BCUT2D eigenvalue weighted by Crippen LogP contribution is 2.32. The SMILES string of the molecule is Ic1ccc2ccccc2c1-c1ccccc1. The average Bonchev–Trinajstić information content (AvgIpc) is 2.39. The first-order chi connectivity index (χ1) is 8.36. The summed E-state index contributed by atoms with van der Waals surface area (Å²) >= 11 is 2.41. The van der Waals surface area contributed by atoms with Crippen molar-refractivity contribution in [3.63, 3.8) is 0 Å². The van der Waals surface area contributed by atoms with Crippen molar-refractivity contribution in [3.8, 4) is 11.1 Å². The van der Waals surface area contributed by atoms with Gasteiger partial charge in [-0.15, -0.1) is 0 Å². The van der Waals surface area contributed by atoms with E-state index in [1.165, 1.54) is 25.5 Å². The van der Waals surface area contributed by atoms with Gasteiger partial charge in [0.1, 0.15) is 0 Å². The second-order valence-electron chi connectivity index (χ2n) is 4.01. The molecule has 3 rings (SSSR count). The summed E-state index contributed by atoms with van der Waals surface area (Å²) < 4.78 is 1.30. The van der Waals surface area contributed by atoms with Gasteiger partial charge in [0, 0.05) is 9.13 Å². The summed E-state index contributed by atoms with van der Waals surface area (Å²) in [7, 11) is 0. The molecule has 0 N–H and O–H groups in total. The highest BCUT2D eigenvalue weighted by molar-refractivity contribution is 14.1. The van der Waals surface area contributed by atoms with Gasteiger partial charge >= 0.3 is 0 Å². The van der Waals surface area contributed by atoms with Crippen LogP contribution >= 0.6 is 22.6 Å². The molecule has 0 aliphatic rings. The topological polar surface area (TPSA) is 0 Å². The van der Waals surface area contributed by atoms with Gasteiger partial charge in [0.15, 0.2) is 0 Å². The highest BCUT2D eigenvalue weighted by atomic mass is 127. The molecule has 0 fully saturated rings. The van der Waals surface area contributed by atoms with Crippen LogP contribution in [0.3, 0.4) is 0 Å². The summed E-state index contributed by atoms with van der Waals surface area (Å²) in [6, 6.07) is 23.5. The Morgan fingerprint density at radius 1 is 0.647 bits per heavy atom. The van der Waals surface area contributed by atoms with E-state index in [1.807, 2.05) is 0 Å². The van der Waals surface area contributed by atoms with Crippen LogP contribution < -0.4 is 0 Å². The van der Waals surface area contributed by atoms with Gasteiger partial charge in [-0.2, -0.15) is 0 Å². The standard InChI is InChI=1S/C16H11I/c17-15-11-10-12-6-4-5-9-14(12)16(15)13-7-2-1-3-8-13/h1-11H. The van der Waals surface area contributed by atoms with Crippen molar-refractivity contribution in [2.45, 2.75) is 0 Å².